The number of hydrogen-bond donors (Lipinski definition) is 0. The summed E-state index contributed by atoms with van der Waals surface area (Å²) in [5, 5.41) is 0. The third kappa shape index (κ3) is 3.77. The number of nitrogens with zero attached hydrogens (tertiary/aromatic N) is 1. The fraction of sp³-hybridized carbons (Fsp3) is 0.500. The summed E-state index contributed by atoms with van der Waals surface area (Å²) in [5.74, 6) is -0.960. The fourth-order valence-electron chi connectivity index (χ4n) is 1.52. The van der Waals surface area contributed by atoms with Crippen molar-refractivity contribution < 1.29 is 19.1 Å². The molecule has 0 saturated heterocycles. The van der Waals surface area contributed by atoms with Crippen molar-refractivity contribution in [3.05, 3.63) is 29.1 Å². The first-order chi connectivity index (χ1) is 9.01. The highest BCUT2D eigenvalue weighted by atomic mass is 16.5. The lowest BCUT2D eigenvalue weighted by Crippen LogP contribution is -2.16. The Morgan fingerprint density at radius 2 is 1.74 bits per heavy atom. The Morgan fingerprint density at radius 3 is 2.26 bits per heavy atom. The smallest absolute Gasteiger partial charge is 0.357 e. The maximum Gasteiger partial charge on any atom is 0.357 e. The van der Waals surface area contributed by atoms with E-state index in [4.69, 9.17) is 9.47 Å². The molecule has 0 fully saturated rings. The first-order valence-electron chi connectivity index (χ1n) is 6.35. The molecule has 1 aromatic rings. The molecule has 104 valence electrons. The number of ether oxygens (including phenoxy) is 2. The quantitative estimate of drug-likeness (QED) is 0.765. The van der Waals surface area contributed by atoms with Crippen molar-refractivity contribution in [1.82, 2.24) is 4.98 Å². The monoisotopic (exact) mass is 265 g/mol. The lowest BCUT2D eigenvalue weighted by atomic mass is 10.0. The molecule has 5 heteroatoms. The summed E-state index contributed by atoms with van der Waals surface area (Å²) < 4.78 is 9.83. The van der Waals surface area contributed by atoms with E-state index in [9.17, 15) is 9.59 Å². The molecule has 0 aliphatic rings. The summed E-state index contributed by atoms with van der Waals surface area (Å²) in [5.41, 5.74) is 1.03. The number of rotatable bonds is 5. The molecule has 0 radical (unpaired) electrons. The Balaban J connectivity index is 3.22. The van der Waals surface area contributed by atoms with Crippen LogP contribution in [0.25, 0.3) is 0 Å². The van der Waals surface area contributed by atoms with Crippen LogP contribution in [-0.4, -0.2) is 30.1 Å². The second kappa shape index (κ2) is 6.87. The Kier molecular flexibility index (Phi) is 5.48. The van der Waals surface area contributed by atoms with Crippen LogP contribution in [0.15, 0.2) is 12.3 Å². The SMILES string of the molecule is CCOC(=O)c1cc(C(C)C)cnc1C(=O)OCC. The van der Waals surface area contributed by atoms with Gasteiger partial charge in [-0.25, -0.2) is 14.6 Å². The maximum atomic E-state index is 11.9. The molecule has 0 N–H and O–H groups in total. The molecule has 0 saturated carbocycles. The lowest BCUT2D eigenvalue weighted by molar-refractivity contribution is 0.0473. The van der Waals surface area contributed by atoms with Crippen LogP contribution in [0.4, 0.5) is 0 Å². The van der Waals surface area contributed by atoms with Crippen LogP contribution in [0.2, 0.25) is 0 Å². The molecule has 0 amide bonds. The standard InChI is InChI=1S/C14H19NO4/c1-5-18-13(16)11-7-10(9(3)4)8-15-12(11)14(17)19-6-2/h7-9H,5-6H2,1-4H3. The molecule has 0 spiro atoms. The molecule has 5 nitrogen and oxygen atoms in total. The van der Waals surface area contributed by atoms with Gasteiger partial charge in [-0.1, -0.05) is 13.8 Å². The number of hydrogen-bond acceptors (Lipinski definition) is 5. The second-order valence-corrected chi connectivity index (χ2v) is 4.26. The zero-order valence-corrected chi connectivity index (χ0v) is 11.7. The van der Waals surface area contributed by atoms with E-state index < -0.39 is 11.9 Å². The minimum absolute atomic E-state index is 0.00435. The van der Waals surface area contributed by atoms with Crippen molar-refractivity contribution >= 4 is 11.9 Å². The second-order valence-electron chi connectivity index (χ2n) is 4.26. The third-order valence-corrected chi connectivity index (χ3v) is 2.54. The summed E-state index contributed by atoms with van der Waals surface area (Å²) in [4.78, 5) is 27.7. The van der Waals surface area contributed by atoms with Gasteiger partial charge in [0.05, 0.1) is 18.8 Å². The zero-order chi connectivity index (χ0) is 14.4. The predicted molar refractivity (Wildman–Crippen MR) is 70.2 cm³/mol. The van der Waals surface area contributed by atoms with Gasteiger partial charge in [0, 0.05) is 6.20 Å². The number of aromatic nitrogens is 1. The lowest BCUT2D eigenvalue weighted by Gasteiger charge is -2.11. The first-order valence-corrected chi connectivity index (χ1v) is 6.35. The molecule has 0 aliphatic heterocycles. The maximum absolute atomic E-state index is 11.9. The van der Waals surface area contributed by atoms with Crippen molar-refractivity contribution in [3.8, 4) is 0 Å². The van der Waals surface area contributed by atoms with E-state index in [0.717, 1.165) is 5.56 Å². The summed E-state index contributed by atoms with van der Waals surface area (Å²) in [6, 6.07) is 1.64. The number of esters is 2. The van der Waals surface area contributed by atoms with Gasteiger partial charge in [-0.3, -0.25) is 0 Å². The summed E-state index contributed by atoms with van der Waals surface area (Å²) in [6.45, 7) is 7.85. The topological polar surface area (TPSA) is 65.5 Å². The number of carbonyl (C=O) groups excluding carboxylic acids is 2. The minimum Gasteiger partial charge on any atom is -0.462 e. The van der Waals surface area contributed by atoms with Crippen LogP contribution in [0.5, 0.6) is 0 Å². The minimum atomic E-state index is -0.610. The van der Waals surface area contributed by atoms with E-state index in [1.54, 1.807) is 26.1 Å². The van der Waals surface area contributed by atoms with E-state index in [1.165, 1.54) is 0 Å². The normalized spacial score (nSPS) is 10.4. The highest BCUT2D eigenvalue weighted by Gasteiger charge is 2.22. The molecule has 0 aliphatic carbocycles. The van der Waals surface area contributed by atoms with Crippen molar-refractivity contribution in [2.24, 2.45) is 0 Å². The molecule has 1 heterocycles. The fourth-order valence-corrected chi connectivity index (χ4v) is 1.52. The number of pyridine rings is 1. The highest BCUT2D eigenvalue weighted by Crippen LogP contribution is 2.18. The molecular weight excluding hydrogens is 246 g/mol. The summed E-state index contributed by atoms with van der Waals surface area (Å²) in [7, 11) is 0. The van der Waals surface area contributed by atoms with Gasteiger partial charge in [-0.15, -0.1) is 0 Å². The molecular formula is C14H19NO4. The molecule has 0 unspecified atom stereocenters. The highest BCUT2D eigenvalue weighted by molar-refractivity contribution is 6.01. The Hall–Kier alpha value is -1.91. The van der Waals surface area contributed by atoms with E-state index in [0.29, 0.717) is 0 Å². The van der Waals surface area contributed by atoms with Crippen LogP contribution in [-0.2, 0) is 9.47 Å². The molecule has 0 bridgehead atoms. The van der Waals surface area contributed by atoms with E-state index in [1.807, 2.05) is 13.8 Å². The van der Waals surface area contributed by atoms with Crippen molar-refractivity contribution in [2.75, 3.05) is 13.2 Å². The zero-order valence-electron chi connectivity index (χ0n) is 11.7. The Bertz CT molecular complexity index is 469. The average molecular weight is 265 g/mol. The van der Waals surface area contributed by atoms with Crippen molar-refractivity contribution in [3.63, 3.8) is 0 Å². The van der Waals surface area contributed by atoms with Crippen LogP contribution in [0, 0.1) is 0 Å². The summed E-state index contributed by atoms with van der Waals surface area (Å²) >= 11 is 0. The van der Waals surface area contributed by atoms with E-state index >= 15 is 0 Å². The molecule has 1 rings (SSSR count). The molecule has 1 aromatic heterocycles. The first kappa shape index (κ1) is 15.1. The van der Waals surface area contributed by atoms with Gasteiger partial charge in [0.15, 0.2) is 5.69 Å². The summed E-state index contributed by atoms with van der Waals surface area (Å²) in [6.07, 6.45) is 1.58. The van der Waals surface area contributed by atoms with Crippen LogP contribution in [0.3, 0.4) is 0 Å². The van der Waals surface area contributed by atoms with Gasteiger partial charge in [0.1, 0.15) is 0 Å². The average Bonchev–Trinajstić information content (AvgIpc) is 2.38. The molecule has 0 aromatic carbocycles. The van der Waals surface area contributed by atoms with Gasteiger partial charge in [-0.2, -0.15) is 0 Å². The van der Waals surface area contributed by atoms with Crippen molar-refractivity contribution in [1.29, 1.82) is 0 Å². The van der Waals surface area contributed by atoms with Crippen LogP contribution >= 0.6 is 0 Å². The third-order valence-electron chi connectivity index (χ3n) is 2.54. The van der Waals surface area contributed by atoms with E-state index in [2.05, 4.69) is 4.98 Å². The van der Waals surface area contributed by atoms with Gasteiger partial charge in [0.25, 0.3) is 0 Å². The van der Waals surface area contributed by atoms with Gasteiger partial charge in [0.2, 0.25) is 0 Å². The Labute approximate surface area is 112 Å². The van der Waals surface area contributed by atoms with E-state index in [-0.39, 0.29) is 30.4 Å². The molecule has 19 heavy (non-hydrogen) atoms. The van der Waals surface area contributed by atoms with Gasteiger partial charge in [-0.05, 0) is 31.4 Å². The molecule has 0 atom stereocenters. The number of carbonyl (C=O) groups is 2. The van der Waals surface area contributed by atoms with Crippen molar-refractivity contribution in [2.45, 2.75) is 33.6 Å². The van der Waals surface area contributed by atoms with Gasteiger partial charge >= 0.3 is 11.9 Å². The Morgan fingerprint density at radius 1 is 1.16 bits per heavy atom. The largest absolute Gasteiger partial charge is 0.462 e. The van der Waals surface area contributed by atoms with Crippen LogP contribution in [0.1, 0.15) is 60.0 Å². The van der Waals surface area contributed by atoms with Crippen LogP contribution < -0.4 is 0 Å². The predicted octanol–water partition coefficient (Wildman–Crippen LogP) is 2.56. The van der Waals surface area contributed by atoms with Gasteiger partial charge < -0.3 is 9.47 Å².